The zero-order valence-corrected chi connectivity index (χ0v) is 10.7. The van der Waals surface area contributed by atoms with Crippen LogP contribution >= 0.6 is 0 Å². The van der Waals surface area contributed by atoms with E-state index in [1.807, 2.05) is 13.8 Å². The van der Waals surface area contributed by atoms with Gasteiger partial charge < -0.3 is 9.47 Å². The Morgan fingerprint density at radius 1 is 1.29 bits per heavy atom. The molecular formula is C13H21NO3. The average Bonchev–Trinajstić information content (AvgIpc) is 2.40. The Morgan fingerprint density at radius 2 is 2.00 bits per heavy atom. The van der Waals surface area contributed by atoms with Crippen molar-refractivity contribution in [1.82, 2.24) is 4.90 Å². The van der Waals surface area contributed by atoms with Crippen LogP contribution in [0.2, 0.25) is 0 Å². The van der Waals surface area contributed by atoms with Crippen molar-refractivity contribution in [2.75, 3.05) is 32.9 Å². The second-order valence-corrected chi connectivity index (χ2v) is 5.10. The van der Waals surface area contributed by atoms with Crippen LogP contribution in [0.5, 0.6) is 0 Å². The lowest BCUT2D eigenvalue weighted by Crippen LogP contribution is -2.55. The van der Waals surface area contributed by atoms with E-state index in [1.54, 1.807) is 6.26 Å². The number of Topliss-reactive ketones (excluding diaryl/α,β-unsaturated/α-hetero) is 1. The highest BCUT2D eigenvalue weighted by Gasteiger charge is 2.37. The highest BCUT2D eigenvalue weighted by molar-refractivity contribution is 6.01. The maximum absolute atomic E-state index is 12.5. The molecule has 1 saturated heterocycles. The highest BCUT2D eigenvalue weighted by Crippen LogP contribution is 2.24. The van der Waals surface area contributed by atoms with E-state index >= 15 is 0 Å². The topological polar surface area (TPSA) is 38.8 Å². The number of nitrogens with zero attached hydrogens (tertiary/aromatic N) is 1. The Bertz CT molecular complexity index is 317. The zero-order chi connectivity index (χ0) is 12.3. The second kappa shape index (κ2) is 5.19. The van der Waals surface area contributed by atoms with Crippen LogP contribution in [0.4, 0.5) is 0 Å². The lowest BCUT2D eigenvalue weighted by molar-refractivity contribution is -0.128. The van der Waals surface area contributed by atoms with Crippen molar-refractivity contribution in [3.05, 3.63) is 11.8 Å². The number of hydrogen-bond acceptors (Lipinski definition) is 4. The fourth-order valence-corrected chi connectivity index (χ4v) is 2.39. The summed E-state index contributed by atoms with van der Waals surface area (Å²) in [6.07, 6.45) is 3.43. The largest absolute Gasteiger partial charge is 0.501 e. The van der Waals surface area contributed by atoms with Crippen molar-refractivity contribution in [3.63, 3.8) is 0 Å². The first-order chi connectivity index (χ1) is 8.12. The molecule has 2 aliphatic heterocycles. The van der Waals surface area contributed by atoms with E-state index in [0.29, 0.717) is 13.2 Å². The predicted octanol–water partition coefficient (Wildman–Crippen LogP) is 1.36. The first kappa shape index (κ1) is 12.6. The van der Waals surface area contributed by atoms with Gasteiger partial charge in [-0.3, -0.25) is 9.69 Å². The van der Waals surface area contributed by atoms with Crippen LogP contribution < -0.4 is 0 Å². The Morgan fingerprint density at radius 3 is 2.59 bits per heavy atom. The van der Waals surface area contributed by atoms with Crippen molar-refractivity contribution in [2.45, 2.75) is 32.2 Å². The minimum Gasteiger partial charge on any atom is -0.501 e. The number of hydrogen-bond donors (Lipinski definition) is 0. The lowest BCUT2D eigenvalue weighted by Gasteiger charge is -2.40. The third-order valence-electron chi connectivity index (χ3n) is 3.58. The summed E-state index contributed by atoms with van der Waals surface area (Å²) in [6.45, 7) is 7.80. The molecule has 0 aromatic carbocycles. The molecule has 0 aromatic heterocycles. The molecule has 0 spiro atoms. The summed E-state index contributed by atoms with van der Waals surface area (Å²) in [5.41, 5.74) is 0.379. The summed E-state index contributed by atoms with van der Waals surface area (Å²) in [7, 11) is 0. The highest BCUT2D eigenvalue weighted by atomic mass is 16.5. The van der Waals surface area contributed by atoms with Gasteiger partial charge in [0, 0.05) is 18.7 Å². The van der Waals surface area contributed by atoms with Gasteiger partial charge in [-0.25, -0.2) is 0 Å². The molecule has 96 valence electrons. The van der Waals surface area contributed by atoms with E-state index in [1.165, 1.54) is 0 Å². The third-order valence-corrected chi connectivity index (χ3v) is 3.58. The van der Waals surface area contributed by atoms with Gasteiger partial charge in [0.2, 0.25) is 0 Å². The minimum atomic E-state index is -0.448. The first-order valence-corrected chi connectivity index (χ1v) is 6.30. The lowest BCUT2D eigenvalue weighted by atomic mass is 9.89. The SMILES string of the molecule is CC(C)(C(=O)C1=COCCC1)N1CCOCC1. The Labute approximate surface area is 103 Å². The molecule has 0 amide bonds. The van der Waals surface area contributed by atoms with Gasteiger partial charge in [0.05, 0.1) is 31.6 Å². The van der Waals surface area contributed by atoms with Crippen molar-refractivity contribution >= 4 is 5.78 Å². The summed E-state index contributed by atoms with van der Waals surface area (Å²) in [5, 5.41) is 0. The molecule has 4 heteroatoms. The molecule has 4 nitrogen and oxygen atoms in total. The molecular weight excluding hydrogens is 218 g/mol. The molecule has 0 N–H and O–H groups in total. The van der Waals surface area contributed by atoms with Gasteiger partial charge >= 0.3 is 0 Å². The molecule has 17 heavy (non-hydrogen) atoms. The minimum absolute atomic E-state index is 0.194. The molecule has 0 aromatic rings. The number of carbonyl (C=O) groups is 1. The Hall–Kier alpha value is -0.870. The second-order valence-electron chi connectivity index (χ2n) is 5.10. The van der Waals surface area contributed by atoms with Crippen molar-refractivity contribution < 1.29 is 14.3 Å². The predicted molar refractivity (Wildman–Crippen MR) is 64.7 cm³/mol. The van der Waals surface area contributed by atoms with Gasteiger partial charge in [0.15, 0.2) is 5.78 Å². The molecule has 2 rings (SSSR count). The van der Waals surface area contributed by atoms with Crippen LogP contribution in [-0.4, -0.2) is 49.1 Å². The fourth-order valence-electron chi connectivity index (χ4n) is 2.39. The normalized spacial score (nSPS) is 22.8. The summed E-state index contributed by atoms with van der Waals surface area (Å²) < 4.78 is 10.6. The van der Waals surface area contributed by atoms with Gasteiger partial charge in [-0.2, -0.15) is 0 Å². The van der Waals surface area contributed by atoms with Crippen LogP contribution in [0.15, 0.2) is 11.8 Å². The van der Waals surface area contributed by atoms with Gasteiger partial charge in [-0.1, -0.05) is 0 Å². The van der Waals surface area contributed by atoms with Crippen LogP contribution in [-0.2, 0) is 14.3 Å². The van der Waals surface area contributed by atoms with Gasteiger partial charge in [0.25, 0.3) is 0 Å². The third kappa shape index (κ3) is 2.69. The Balaban J connectivity index is 2.07. The van der Waals surface area contributed by atoms with Crippen LogP contribution in [0.25, 0.3) is 0 Å². The van der Waals surface area contributed by atoms with Crippen LogP contribution in [0, 0.1) is 0 Å². The van der Waals surface area contributed by atoms with E-state index in [2.05, 4.69) is 4.90 Å². The molecule has 0 radical (unpaired) electrons. The molecule has 0 aliphatic carbocycles. The van der Waals surface area contributed by atoms with E-state index in [0.717, 1.165) is 38.1 Å². The number of carbonyl (C=O) groups excluding carboxylic acids is 1. The molecule has 0 bridgehead atoms. The van der Waals surface area contributed by atoms with Crippen molar-refractivity contribution in [1.29, 1.82) is 0 Å². The van der Waals surface area contributed by atoms with E-state index in [9.17, 15) is 4.79 Å². The molecule has 1 fully saturated rings. The number of rotatable bonds is 3. The molecule has 2 aliphatic rings. The van der Waals surface area contributed by atoms with E-state index in [4.69, 9.17) is 9.47 Å². The van der Waals surface area contributed by atoms with Gasteiger partial charge in [-0.05, 0) is 26.7 Å². The van der Waals surface area contributed by atoms with Gasteiger partial charge in [0.1, 0.15) is 0 Å². The summed E-state index contributed by atoms with van der Waals surface area (Å²) in [5.74, 6) is 0.194. The zero-order valence-electron chi connectivity index (χ0n) is 10.7. The van der Waals surface area contributed by atoms with Crippen LogP contribution in [0.3, 0.4) is 0 Å². The molecule has 2 heterocycles. The van der Waals surface area contributed by atoms with Gasteiger partial charge in [-0.15, -0.1) is 0 Å². The number of ketones is 1. The van der Waals surface area contributed by atoms with E-state index < -0.39 is 5.54 Å². The summed E-state index contributed by atoms with van der Waals surface area (Å²) >= 11 is 0. The summed E-state index contributed by atoms with van der Waals surface area (Å²) in [4.78, 5) is 14.7. The van der Waals surface area contributed by atoms with Crippen LogP contribution in [0.1, 0.15) is 26.7 Å². The molecule has 0 unspecified atom stereocenters. The maximum atomic E-state index is 12.5. The standard InChI is InChI=1S/C13H21NO3/c1-13(2,14-5-8-16-9-6-14)12(15)11-4-3-7-17-10-11/h10H,3-9H2,1-2H3. The smallest absolute Gasteiger partial charge is 0.181 e. The Kier molecular flexibility index (Phi) is 3.84. The van der Waals surface area contributed by atoms with Crippen molar-refractivity contribution in [2.24, 2.45) is 0 Å². The fraction of sp³-hybridized carbons (Fsp3) is 0.769. The first-order valence-electron chi connectivity index (χ1n) is 6.30. The van der Waals surface area contributed by atoms with Crippen molar-refractivity contribution in [3.8, 4) is 0 Å². The maximum Gasteiger partial charge on any atom is 0.181 e. The van der Waals surface area contributed by atoms with E-state index in [-0.39, 0.29) is 5.78 Å². The number of ether oxygens (including phenoxy) is 2. The molecule has 0 atom stereocenters. The quantitative estimate of drug-likeness (QED) is 0.745. The summed E-state index contributed by atoms with van der Waals surface area (Å²) in [6, 6.07) is 0. The number of morpholine rings is 1. The average molecular weight is 239 g/mol. The monoisotopic (exact) mass is 239 g/mol. The molecule has 0 saturated carbocycles.